The molecule has 0 aliphatic carbocycles. The zero-order valence-corrected chi connectivity index (χ0v) is 13.9. The predicted octanol–water partition coefficient (Wildman–Crippen LogP) is 0.700. The molecule has 6 heteroatoms. The van der Waals surface area contributed by atoms with Crippen molar-refractivity contribution in [3.8, 4) is 0 Å². The smallest absolute Gasteiger partial charge is 0.0779 e. The fraction of sp³-hybridized carbons (Fsp3) is 1.00. The monoisotopic (exact) mass is 310 g/mol. The zero-order valence-electron chi connectivity index (χ0n) is 13.9. The van der Waals surface area contributed by atoms with E-state index in [4.69, 9.17) is 24.8 Å². The standard InChI is InChI=1S/C8H18O3.C7H16O3/c1-3-4-8(10)6-11-7(2)5-9;1-3-7(9)5-10-6(2)4-8/h7-10H,3-6H2,1-2H3;6-9H,3-5H2,1-2H3. The lowest BCUT2D eigenvalue weighted by molar-refractivity contribution is -0.0254. The topological polar surface area (TPSA) is 99.4 Å². The summed E-state index contributed by atoms with van der Waals surface area (Å²) in [6.07, 6.45) is 1.31. The third-order valence-corrected chi connectivity index (χ3v) is 2.75. The number of aliphatic hydroxyl groups excluding tert-OH is 4. The molecule has 21 heavy (non-hydrogen) atoms. The highest BCUT2D eigenvalue weighted by Gasteiger charge is 2.05. The summed E-state index contributed by atoms with van der Waals surface area (Å²) in [5.74, 6) is 0. The van der Waals surface area contributed by atoms with Crippen molar-refractivity contribution < 1.29 is 29.9 Å². The van der Waals surface area contributed by atoms with Crippen LogP contribution in [-0.2, 0) is 9.47 Å². The van der Waals surface area contributed by atoms with E-state index in [1.165, 1.54) is 0 Å². The Bertz CT molecular complexity index is 193. The second-order valence-electron chi connectivity index (χ2n) is 5.16. The lowest BCUT2D eigenvalue weighted by Crippen LogP contribution is -2.21. The highest BCUT2D eigenvalue weighted by atomic mass is 16.5. The molecule has 0 spiro atoms. The fourth-order valence-corrected chi connectivity index (χ4v) is 1.19. The largest absolute Gasteiger partial charge is 0.394 e. The molecule has 6 nitrogen and oxygen atoms in total. The van der Waals surface area contributed by atoms with E-state index >= 15 is 0 Å². The van der Waals surface area contributed by atoms with Gasteiger partial charge in [-0.3, -0.25) is 0 Å². The number of rotatable bonds is 11. The van der Waals surface area contributed by atoms with Gasteiger partial charge in [-0.05, 0) is 26.7 Å². The molecule has 0 rings (SSSR count). The van der Waals surface area contributed by atoms with Gasteiger partial charge in [-0.2, -0.15) is 0 Å². The number of ether oxygens (including phenoxy) is 2. The van der Waals surface area contributed by atoms with Gasteiger partial charge in [0.2, 0.25) is 0 Å². The maximum Gasteiger partial charge on any atom is 0.0779 e. The van der Waals surface area contributed by atoms with Crippen molar-refractivity contribution in [3.63, 3.8) is 0 Å². The summed E-state index contributed by atoms with van der Waals surface area (Å²) >= 11 is 0. The van der Waals surface area contributed by atoms with E-state index in [0.717, 1.165) is 12.8 Å². The lowest BCUT2D eigenvalue weighted by Gasteiger charge is -2.13. The molecular weight excluding hydrogens is 276 g/mol. The molecule has 4 atom stereocenters. The van der Waals surface area contributed by atoms with Crippen LogP contribution < -0.4 is 0 Å². The molecule has 0 amide bonds. The lowest BCUT2D eigenvalue weighted by atomic mass is 10.2. The summed E-state index contributed by atoms with van der Waals surface area (Å²) < 4.78 is 10.1. The molecule has 0 aromatic heterocycles. The van der Waals surface area contributed by atoms with Gasteiger partial charge in [0, 0.05) is 0 Å². The Kier molecular flexibility index (Phi) is 17.7. The van der Waals surface area contributed by atoms with Crippen LogP contribution in [0.2, 0.25) is 0 Å². The van der Waals surface area contributed by atoms with Gasteiger partial charge in [0.15, 0.2) is 0 Å². The van der Waals surface area contributed by atoms with E-state index < -0.39 is 6.10 Å². The predicted molar refractivity (Wildman–Crippen MR) is 82.2 cm³/mol. The summed E-state index contributed by atoms with van der Waals surface area (Å²) in [5.41, 5.74) is 0. The molecular formula is C15H34O6. The van der Waals surface area contributed by atoms with E-state index in [2.05, 4.69) is 0 Å². The van der Waals surface area contributed by atoms with Gasteiger partial charge in [0.05, 0.1) is 50.8 Å². The van der Waals surface area contributed by atoms with Gasteiger partial charge >= 0.3 is 0 Å². The van der Waals surface area contributed by atoms with E-state index in [0.29, 0.717) is 19.6 Å². The highest BCUT2D eigenvalue weighted by molar-refractivity contribution is 4.54. The maximum atomic E-state index is 9.19. The van der Waals surface area contributed by atoms with Gasteiger partial charge in [-0.1, -0.05) is 20.3 Å². The molecule has 0 aromatic rings. The van der Waals surface area contributed by atoms with Gasteiger partial charge in [-0.25, -0.2) is 0 Å². The van der Waals surface area contributed by atoms with Crippen LogP contribution in [0.1, 0.15) is 47.0 Å². The SMILES string of the molecule is CCC(O)COC(C)CO.CCCC(O)COC(C)CO. The zero-order chi connectivity index (χ0) is 16.7. The van der Waals surface area contributed by atoms with Crippen molar-refractivity contribution in [3.05, 3.63) is 0 Å². The number of aliphatic hydroxyl groups is 4. The summed E-state index contributed by atoms with van der Waals surface area (Å²) in [6.45, 7) is 8.11. The van der Waals surface area contributed by atoms with Crippen molar-refractivity contribution in [1.29, 1.82) is 0 Å². The van der Waals surface area contributed by atoms with Gasteiger partial charge in [0.25, 0.3) is 0 Å². The molecule has 4 N–H and O–H groups in total. The van der Waals surface area contributed by atoms with Crippen molar-refractivity contribution in [2.75, 3.05) is 26.4 Å². The quantitative estimate of drug-likeness (QED) is 0.448. The van der Waals surface area contributed by atoms with E-state index in [-0.39, 0.29) is 31.5 Å². The minimum absolute atomic E-state index is 0.0104. The van der Waals surface area contributed by atoms with Crippen molar-refractivity contribution in [1.82, 2.24) is 0 Å². The molecule has 4 unspecified atom stereocenters. The average Bonchev–Trinajstić information content (AvgIpc) is 2.50. The second-order valence-corrected chi connectivity index (χ2v) is 5.16. The molecule has 0 aromatic carbocycles. The fourth-order valence-electron chi connectivity index (χ4n) is 1.19. The maximum absolute atomic E-state index is 9.19. The van der Waals surface area contributed by atoms with Crippen LogP contribution in [0.15, 0.2) is 0 Å². The molecule has 130 valence electrons. The van der Waals surface area contributed by atoms with Crippen LogP contribution in [-0.4, -0.2) is 71.3 Å². The van der Waals surface area contributed by atoms with E-state index in [9.17, 15) is 5.11 Å². The highest BCUT2D eigenvalue weighted by Crippen LogP contribution is 1.98. The van der Waals surface area contributed by atoms with Crippen molar-refractivity contribution in [2.24, 2.45) is 0 Å². The average molecular weight is 310 g/mol. The van der Waals surface area contributed by atoms with Crippen LogP contribution in [0.5, 0.6) is 0 Å². The Morgan fingerprint density at radius 1 is 0.810 bits per heavy atom. The van der Waals surface area contributed by atoms with Gasteiger partial charge < -0.3 is 29.9 Å². The normalized spacial score (nSPS) is 16.6. The van der Waals surface area contributed by atoms with Gasteiger partial charge in [0.1, 0.15) is 0 Å². The summed E-state index contributed by atoms with van der Waals surface area (Å²) in [6, 6.07) is 0. The molecule has 0 fully saturated rings. The van der Waals surface area contributed by atoms with Crippen LogP contribution in [0, 0.1) is 0 Å². The van der Waals surface area contributed by atoms with E-state index in [1.54, 1.807) is 13.8 Å². The summed E-state index contributed by atoms with van der Waals surface area (Å²) in [4.78, 5) is 0. The Morgan fingerprint density at radius 3 is 1.57 bits per heavy atom. The molecule has 0 aliphatic heterocycles. The van der Waals surface area contributed by atoms with Crippen LogP contribution in [0.3, 0.4) is 0 Å². The minimum atomic E-state index is -0.394. The first-order valence-electron chi connectivity index (χ1n) is 7.72. The molecule has 0 saturated carbocycles. The Morgan fingerprint density at radius 2 is 1.24 bits per heavy atom. The molecule has 0 saturated heterocycles. The van der Waals surface area contributed by atoms with Crippen LogP contribution in [0.4, 0.5) is 0 Å². The first-order chi connectivity index (χ1) is 9.90. The molecule has 0 radical (unpaired) electrons. The third-order valence-electron chi connectivity index (χ3n) is 2.75. The minimum Gasteiger partial charge on any atom is -0.394 e. The molecule has 0 bridgehead atoms. The summed E-state index contributed by atoms with van der Waals surface area (Å²) in [5, 5.41) is 35.3. The van der Waals surface area contributed by atoms with Crippen molar-refractivity contribution in [2.45, 2.75) is 71.4 Å². The van der Waals surface area contributed by atoms with Crippen LogP contribution >= 0.6 is 0 Å². The Labute approximate surface area is 128 Å². The van der Waals surface area contributed by atoms with Gasteiger partial charge in [-0.15, -0.1) is 0 Å². The summed E-state index contributed by atoms with van der Waals surface area (Å²) in [7, 11) is 0. The Hall–Kier alpha value is -0.240. The Balaban J connectivity index is 0. The number of hydrogen-bond acceptors (Lipinski definition) is 6. The first-order valence-corrected chi connectivity index (χ1v) is 7.72. The first kappa shape index (κ1) is 23.0. The third kappa shape index (κ3) is 17.7. The number of hydrogen-bond donors (Lipinski definition) is 4. The van der Waals surface area contributed by atoms with Crippen LogP contribution in [0.25, 0.3) is 0 Å². The molecule has 0 aliphatic rings. The van der Waals surface area contributed by atoms with Crippen molar-refractivity contribution >= 4 is 0 Å². The second kappa shape index (κ2) is 16.1. The molecule has 0 heterocycles. The van der Waals surface area contributed by atoms with E-state index in [1.807, 2.05) is 13.8 Å².